The molecule has 0 aliphatic rings. The minimum atomic E-state index is -0.356. The predicted octanol–water partition coefficient (Wildman–Crippen LogP) is 4.15. The van der Waals surface area contributed by atoms with Crippen molar-refractivity contribution in [1.29, 1.82) is 0 Å². The summed E-state index contributed by atoms with van der Waals surface area (Å²) in [5.74, 6) is 0.128. The Morgan fingerprint density at radius 3 is 2.78 bits per heavy atom. The van der Waals surface area contributed by atoms with Gasteiger partial charge in [0, 0.05) is 35.1 Å². The summed E-state index contributed by atoms with van der Waals surface area (Å²) in [4.78, 5) is 0. The van der Waals surface area contributed by atoms with Gasteiger partial charge < -0.3 is 14.8 Å². The monoisotopic (exact) mass is 435 g/mol. The fraction of sp³-hybridized carbons (Fsp3) is 0.350. The number of fused-ring (bicyclic) bond motifs is 1. The first-order valence-electron chi connectivity index (χ1n) is 8.87. The lowest BCUT2D eigenvalue weighted by molar-refractivity contribution is 0.0985. The SMILES string of the molecule is CNCCCOCCOc1ccc(-c2nn(C)c3cc(Br)ccc23)c(F)c1. The maximum Gasteiger partial charge on any atom is 0.136 e. The molecule has 2 aromatic carbocycles. The highest BCUT2D eigenvalue weighted by atomic mass is 79.9. The molecule has 3 aromatic rings. The van der Waals surface area contributed by atoms with Crippen LogP contribution in [0.15, 0.2) is 40.9 Å². The van der Waals surface area contributed by atoms with Crippen molar-refractivity contribution in [2.75, 3.05) is 33.4 Å². The molecule has 0 unspecified atom stereocenters. The molecular formula is C20H23BrFN3O2. The molecule has 0 radical (unpaired) electrons. The van der Waals surface area contributed by atoms with E-state index >= 15 is 0 Å². The fourth-order valence-corrected chi connectivity index (χ4v) is 3.23. The molecule has 1 N–H and O–H groups in total. The summed E-state index contributed by atoms with van der Waals surface area (Å²) >= 11 is 3.46. The molecule has 3 rings (SSSR count). The zero-order valence-electron chi connectivity index (χ0n) is 15.5. The van der Waals surface area contributed by atoms with Gasteiger partial charge in [-0.1, -0.05) is 15.9 Å². The van der Waals surface area contributed by atoms with Crippen LogP contribution in [0.4, 0.5) is 4.39 Å². The normalized spacial score (nSPS) is 11.3. The van der Waals surface area contributed by atoms with Crippen molar-refractivity contribution in [1.82, 2.24) is 15.1 Å². The van der Waals surface area contributed by atoms with E-state index in [2.05, 4.69) is 26.3 Å². The highest BCUT2D eigenvalue weighted by molar-refractivity contribution is 9.10. The first kappa shape index (κ1) is 19.8. The molecule has 144 valence electrons. The minimum Gasteiger partial charge on any atom is -0.491 e. The number of nitrogens with zero attached hydrogens (tertiary/aromatic N) is 2. The van der Waals surface area contributed by atoms with Crippen molar-refractivity contribution in [2.45, 2.75) is 6.42 Å². The van der Waals surface area contributed by atoms with Gasteiger partial charge in [-0.15, -0.1) is 0 Å². The number of ether oxygens (including phenoxy) is 2. The van der Waals surface area contributed by atoms with Crippen molar-refractivity contribution in [3.05, 3.63) is 46.7 Å². The average molecular weight is 436 g/mol. The zero-order valence-corrected chi connectivity index (χ0v) is 17.1. The zero-order chi connectivity index (χ0) is 19.2. The molecule has 27 heavy (non-hydrogen) atoms. The van der Waals surface area contributed by atoms with Gasteiger partial charge in [-0.25, -0.2) is 4.39 Å². The van der Waals surface area contributed by atoms with Gasteiger partial charge in [0.1, 0.15) is 23.9 Å². The summed E-state index contributed by atoms with van der Waals surface area (Å²) < 4.78 is 28.5. The fourth-order valence-electron chi connectivity index (χ4n) is 2.88. The van der Waals surface area contributed by atoms with Crippen molar-refractivity contribution in [2.24, 2.45) is 7.05 Å². The summed E-state index contributed by atoms with van der Waals surface area (Å²) in [5, 5.41) is 8.46. The van der Waals surface area contributed by atoms with E-state index < -0.39 is 0 Å². The third-order valence-electron chi connectivity index (χ3n) is 4.22. The lowest BCUT2D eigenvalue weighted by atomic mass is 10.1. The lowest BCUT2D eigenvalue weighted by Gasteiger charge is -2.09. The van der Waals surface area contributed by atoms with Crippen molar-refractivity contribution < 1.29 is 13.9 Å². The van der Waals surface area contributed by atoms with Gasteiger partial charge in [-0.05, 0) is 50.3 Å². The summed E-state index contributed by atoms with van der Waals surface area (Å²) in [6.07, 6.45) is 0.953. The maximum absolute atomic E-state index is 14.7. The van der Waals surface area contributed by atoms with Crippen molar-refractivity contribution in [3.63, 3.8) is 0 Å². The molecule has 0 saturated carbocycles. The third-order valence-corrected chi connectivity index (χ3v) is 4.71. The van der Waals surface area contributed by atoms with E-state index in [4.69, 9.17) is 9.47 Å². The second kappa shape index (κ2) is 9.30. The molecule has 0 fully saturated rings. The minimum absolute atomic E-state index is 0.356. The molecule has 0 saturated heterocycles. The molecule has 7 heteroatoms. The van der Waals surface area contributed by atoms with E-state index in [1.807, 2.05) is 32.3 Å². The Kier molecular flexibility index (Phi) is 6.82. The van der Waals surface area contributed by atoms with Gasteiger partial charge >= 0.3 is 0 Å². The second-order valence-corrected chi connectivity index (χ2v) is 7.11. The van der Waals surface area contributed by atoms with Crippen LogP contribution in [0.5, 0.6) is 5.75 Å². The molecule has 0 amide bonds. The van der Waals surface area contributed by atoms with Crippen LogP contribution in [0.2, 0.25) is 0 Å². The lowest BCUT2D eigenvalue weighted by Crippen LogP contribution is -2.13. The molecule has 1 heterocycles. The van der Waals surface area contributed by atoms with E-state index in [1.165, 1.54) is 6.07 Å². The molecule has 0 bridgehead atoms. The summed E-state index contributed by atoms with van der Waals surface area (Å²) in [6.45, 7) is 2.47. The Labute approximate surface area is 166 Å². The Balaban J connectivity index is 1.67. The van der Waals surface area contributed by atoms with Crippen LogP contribution in [0.3, 0.4) is 0 Å². The van der Waals surface area contributed by atoms with Crippen LogP contribution in [0, 0.1) is 5.82 Å². The number of rotatable bonds is 9. The number of nitrogens with one attached hydrogen (secondary N) is 1. The number of aryl methyl sites for hydroxylation is 1. The largest absolute Gasteiger partial charge is 0.491 e. The van der Waals surface area contributed by atoms with Crippen LogP contribution < -0.4 is 10.1 Å². The highest BCUT2D eigenvalue weighted by Gasteiger charge is 2.15. The number of aromatic nitrogens is 2. The van der Waals surface area contributed by atoms with E-state index in [1.54, 1.807) is 16.8 Å². The molecule has 0 atom stereocenters. The van der Waals surface area contributed by atoms with Crippen molar-refractivity contribution in [3.8, 4) is 17.0 Å². The highest BCUT2D eigenvalue weighted by Crippen LogP contribution is 2.32. The summed E-state index contributed by atoms with van der Waals surface area (Å²) in [7, 11) is 3.76. The first-order valence-corrected chi connectivity index (χ1v) is 9.67. The first-order chi connectivity index (χ1) is 13.1. The molecule has 5 nitrogen and oxygen atoms in total. The smallest absolute Gasteiger partial charge is 0.136 e. The van der Waals surface area contributed by atoms with Gasteiger partial charge in [-0.3, -0.25) is 4.68 Å². The van der Waals surface area contributed by atoms with E-state index in [0.29, 0.717) is 36.8 Å². The maximum atomic E-state index is 14.7. The van der Waals surface area contributed by atoms with Gasteiger partial charge in [0.25, 0.3) is 0 Å². The van der Waals surface area contributed by atoms with Gasteiger partial charge in [0.05, 0.1) is 12.1 Å². The summed E-state index contributed by atoms with van der Waals surface area (Å²) in [6, 6.07) is 10.7. The van der Waals surface area contributed by atoms with E-state index in [9.17, 15) is 4.39 Å². The average Bonchev–Trinajstić information content (AvgIpc) is 2.97. The predicted molar refractivity (Wildman–Crippen MR) is 109 cm³/mol. The summed E-state index contributed by atoms with van der Waals surface area (Å²) in [5.41, 5.74) is 2.02. The van der Waals surface area contributed by atoms with Gasteiger partial charge in [0.2, 0.25) is 0 Å². The molecule has 0 aliphatic heterocycles. The Hall–Kier alpha value is -1.96. The molecule has 0 spiro atoms. The van der Waals surface area contributed by atoms with E-state index in [0.717, 1.165) is 28.3 Å². The Morgan fingerprint density at radius 1 is 1.15 bits per heavy atom. The number of hydrogen-bond donors (Lipinski definition) is 1. The van der Waals surface area contributed by atoms with Crippen LogP contribution in [0.25, 0.3) is 22.2 Å². The van der Waals surface area contributed by atoms with E-state index in [-0.39, 0.29) is 5.82 Å². The topological polar surface area (TPSA) is 48.3 Å². The van der Waals surface area contributed by atoms with Crippen LogP contribution in [0.1, 0.15) is 6.42 Å². The van der Waals surface area contributed by atoms with Gasteiger partial charge in [-0.2, -0.15) is 5.10 Å². The number of benzene rings is 2. The second-order valence-electron chi connectivity index (χ2n) is 6.19. The Morgan fingerprint density at radius 2 is 2.00 bits per heavy atom. The quantitative estimate of drug-likeness (QED) is 0.513. The molecular weight excluding hydrogens is 413 g/mol. The van der Waals surface area contributed by atoms with Crippen LogP contribution >= 0.6 is 15.9 Å². The molecule has 0 aliphatic carbocycles. The van der Waals surface area contributed by atoms with Gasteiger partial charge in [0.15, 0.2) is 0 Å². The standard InChI is InChI=1S/C20H23BrFN3O2/c1-23-8-3-9-26-10-11-27-15-5-7-16(18(22)13-15)20-17-6-4-14(21)12-19(17)25(2)24-20/h4-7,12-13,23H,3,8-11H2,1-2H3. The van der Waals surface area contributed by atoms with Crippen LogP contribution in [-0.4, -0.2) is 43.2 Å². The number of halogens is 2. The molecule has 1 aromatic heterocycles. The van der Waals surface area contributed by atoms with Crippen molar-refractivity contribution >= 4 is 26.8 Å². The third kappa shape index (κ3) is 4.86. The Bertz CT molecular complexity index is 914. The van der Waals surface area contributed by atoms with Crippen LogP contribution in [-0.2, 0) is 11.8 Å². The number of hydrogen-bond acceptors (Lipinski definition) is 4.